The second-order valence-electron chi connectivity index (χ2n) is 4.44. The molecule has 0 radical (unpaired) electrons. The van der Waals surface area contributed by atoms with Gasteiger partial charge in [-0.15, -0.1) is 0 Å². The zero-order chi connectivity index (χ0) is 14.5. The van der Waals surface area contributed by atoms with Crippen molar-refractivity contribution in [1.29, 1.82) is 0 Å². The highest BCUT2D eigenvalue weighted by Gasteiger charge is 2.39. The van der Waals surface area contributed by atoms with E-state index < -0.39 is 11.9 Å². The second-order valence-corrected chi connectivity index (χ2v) is 4.44. The quantitative estimate of drug-likeness (QED) is 0.512. The van der Waals surface area contributed by atoms with Gasteiger partial charge in [0.1, 0.15) is 0 Å². The minimum atomic E-state index is -0.452. The van der Waals surface area contributed by atoms with Gasteiger partial charge in [0.2, 0.25) is 0 Å². The molecule has 0 saturated carbocycles. The van der Waals surface area contributed by atoms with Gasteiger partial charge in [0.15, 0.2) is 5.71 Å². The van der Waals surface area contributed by atoms with Gasteiger partial charge in [-0.1, -0.05) is 23.4 Å². The van der Waals surface area contributed by atoms with E-state index in [1.165, 1.54) is 4.90 Å². The van der Waals surface area contributed by atoms with Crippen molar-refractivity contribution in [3.05, 3.63) is 30.3 Å². The molecule has 1 heterocycles. The van der Waals surface area contributed by atoms with Gasteiger partial charge in [-0.05, 0) is 19.1 Å². The van der Waals surface area contributed by atoms with Crippen LogP contribution in [0.4, 0.5) is 5.69 Å². The predicted octanol–water partition coefficient (Wildman–Crippen LogP) is 1.43. The lowest BCUT2D eigenvalue weighted by Crippen LogP contribution is -2.26. The van der Waals surface area contributed by atoms with Crippen LogP contribution in [-0.2, 0) is 14.3 Å². The van der Waals surface area contributed by atoms with Crippen molar-refractivity contribution in [2.75, 3.05) is 18.1 Å². The number of carbonyl (C=O) groups excluding carboxylic acids is 2. The Labute approximate surface area is 116 Å². The van der Waals surface area contributed by atoms with E-state index in [1.807, 2.05) is 18.2 Å². The predicted molar refractivity (Wildman–Crippen MR) is 72.8 cm³/mol. The molecule has 1 aromatic carbocycles. The Kier molecular flexibility index (Phi) is 4.34. The number of carbonyl (C=O) groups is 2. The van der Waals surface area contributed by atoms with Crippen LogP contribution in [0.2, 0.25) is 0 Å². The van der Waals surface area contributed by atoms with Crippen molar-refractivity contribution >= 4 is 23.3 Å². The molecule has 1 atom stereocenters. The zero-order valence-electron chi connectivity index (χ0n) is 11.2. The van der Waals surface area contributed by atoms with Crippen LogP contribution >= 0.6 is 0 Å². The van der Waals surface area contributed by atoms with Gasteiger partial charge in [0.25, 0.3) is 5.91 Å². The fourth-order valence-corrected chi connectivity index (χ4v) is 2.24. The number of hydrogen-bond acceptors (Lipinski definition) is 5. The van der Waals surface area contributed by atoms with E-state index in [2.05, 4.69) is 5.16 Å². The summed E-state index contributed by atoms with van der Waals surface area (Å²) in [4.78, 5) is 25.2. The fraction of sp³-hybridized carbons (Fsp3) is 0.357. The summed E-state index contributed by atoms with van der Waals surface area (Å²) in [6.45, 7) is 2.31. The molecule has 6 nitrogen and oxygen atoms in total. The number of para-hydroxylation sites is 1. The lowest BCUT2D eigenvalue weighted by molar-refractivity contribution is -0.143. The summed E-state index contributed by atoms with van der Waals surface area (Å²) in [5.41, 5.74) is 0.715. The molecule has 1 unspecified atom stereocenters. The molecule has 20 heavy (non-hydrogen) atoms. The molecule has 1 aromatic rings. The Balaban J connectivity index is 2.16. The summed E-state index contributed by atoms with van der Waals surface area (Å²) in [5.74, 6) is -1.24. The average molecular weight is 276 g/mol. The smallest absolute Gasteiger partial charge is 0.306 e. The van der Waals surface area contributed by atoms with Crippen LogP contribution in [0.3, 0.4) is 0 Å². The Morgan fingerprint density at radius 1 is 1.45 bits per heavy atom. The summed E-state index contributed by atoms with van der Waals surface area (Å²) >= 11 is 0. The highest BCUT2D eigenvalue weighted by molar-refractivity contribution is 6.46. The van der Waals surface area contributed by atoms with Crippen LogP contribution in [0, 0.1) is 5.92 Å². The first kappa shape index (κ1) is 14.0. The summed E-state index contributed by atoms with van der Waals surface area (Å²) in [6.07, 6.45) is 0.0301. The van der Waals surface area contributed by atoms with Crippen LogP contribution in [0.15, 0.2) is 35.5 Å². The Morgan fingerprint density at radius 3 is 2.75 bits per heavy atom. The maximum atomic E-state index is 12.2. The van der Waals surface area contributed by atoms with Gasteiger partial charge in [0.05, 0.1) is 13.0 Å². The van der Waals surface area contributed by atoms with Gasteiger partial charge >= 0.3 is 5.97 Å². The minimum Gasteiger partial charge on any atom is -0.466 e. The Bertz CT molecular complexity index is 527. The Morgan fingerprint density at radius 2 is 2.15 bits per heavy atom. The highest BCUT2D eigenvalue weighted by atomic mass is 16.5. The number of amides is 1. The molecule has 0 aliphatic carbocycles. The van der Waals surface area contributed by atoms with E-state index >= 15 is 0 Å². The van der Waals surface area contributed by atoms with E-state index in [1.54, 1.807) is 19.1 Å². The molecular weight excluding hydrogens is 260 g/mol. The molecule has 1 N–H and O–H groups in total. The molecule has 1 aliphatic heterocycles. The van der Waals surface area contributed by atoms with Crippen LogP contribution in [0.1, 0.15) is 13.3 Å². The number of ether oxygens (including phenoxy) is 1. The summed E-state index contributed by atoms with van der Waals surface area (Å²) in [5, 5.41) is 12.1. The van der Waals surface area contributed by atoms with E-state index in [0.29, 0.717) is 12.2 Å². The van der Waals surface area contributed by atoms with Crippen LogP contribution in [0.25, 0.3) is 0 Å². The van der Waals surface area contributed by atoms with Crippen LogP contribution < -0.4 is 4.90 Å². The summed E-state index contributed by atoms with van der Waals surface area (Å²) < 4.78 is 4.87. The fourth-order valence-electron chi connectivity index (χ4n) is 2.24. The lowest BCUT2D eigenvalue weighted by Gasteiger charge is -2.15. The number of esters is 1. The standard InChI is InChI=1S/C14H16N2O4/c1-2-20-12(17)8-10-9-16(14(18)13(10)15-19)11-6-4-3-5-7-11/h3-7,10,19H,2,8-9H2,1H3. The van der Waals surface area contributed by atoms with Crippen LogP contribution in [0.5, 0.6) is 0 Å². The Hall–Kier alpha value is -2.37. The van der Waals surface area contributed by atoms with E-state index in [0.717, 1.165) is 0 Å². The topological polar surface area (TPSA) is 79.2 Å². The number of oxime groups is 1. The average Bonchev–Trinajstić information content (AvgIpc) is 2.76. The highest BCUT2D eigenvalue weighted by Crippen LogP contribution is 2.25. The first-order valence-electron chi connectivity index (χ1n) is 6.41. The molecule has 2 rings (SSSR count). The van der Waals surface area contributed by atoms with Gasteiger partial charge in [-0.25, -0.2) is 0 Å². The summed E-state index contributed by atoms with van der Waals surface area (Å²) in [7, 11) is 0. The van der Waals surface area contributed by atoms with Crippen molar-refractivity contribution in [2.45, 2.75) is 13.3 Å². The molecule has 1 fully saturated rings. The molecule has 106 valence electrons. The first-order chi connectivity index (χ1) is 9.67. The number of anilines is 1. The lowest BCUT2D eigenvalue weighted by atomic mass is 10.0. The number of hydrogen-bond donors (Lipinski definition) is 1. The third-order valence-corrected chi connectivity index (χ3v) is 3.15. The first-order valence-corrected chi connectivity index (χ1v) is 6.41. The number of nitrogens with zero attached hydrogens (tertiary/aromatic N) is 2. The van der Waals surface area contributed by atoms with E-state index in [4.69, 9.17) is 9.94 Å². The van der Waals surface area contributed by atoms with Gasteiger partial charge in [-0.3, -0.25) is 9.59 Å². The minimum absolute atomic E-state index is 0.00176. The van der Waals surface area contributed by atoms with E-state index in [9.17, 15) is 9.59 Å². The maximum absolute atomic E-state index is 12.2. The monoisotopic (exact) mass is 276 g/mol. The summed E-state index contributed by atoms with van der Waals surface area (Å²) in [6, 6.07) is 9.06. The molecule has 0 bridgehead atoms. The molecule has 1 amide bonds. The molecule has 6 heteroatoms. The number of benzene rings is 1. The van der Waals surface area contributed by atoms with Gasteiger partial charge in [0, 0.05) is 18.2 Å². The SMILES string of the molecule is CCOC(=O)CC1CN(c2ccccc2)C(=O)C1=NO. The van der Waals surface area contributed by atoms with Crippen molar-refractivity contribution in [3.63, 3.8) is 0 Å². The third kappa shape index (κ3) is 2.79. The normalized spacial score (nSPS) is 20.4. The van der Waals surface area contributed by atoms with Crippen molar-refractivity contribution in [2.24, 2.45) is 11.1 Å². The molecule has 0 spiro atoms. The largest absolute Gasteiger partial charge is 0.466 e. The molecule has 0 aromatic heterocycles. The van der Waals surface area contributed by atoms with Gasteiger partial charge in [-0.2, -0.15) is 0 Å². The van der Waals surface area contributed by atoms with Crippen LogP contribution in [-0.4, -0.2) is 35.9 Å². The third-order valence-electron chi connectivity index (χ3n) is 3.15. The zero-order valence-corrected chi connectivity index (χ0v) is 11.2. The van der Waals surface area contributed by atoms with Crippen molar-refractivity contribution in [3.8, 4) is 0 Å². The second kappa shape index (κ2) is 6.18. The molecule has 1 saturated heterocycles. The molecular formula is C14H16N2O4. The number of rotatable bonds is 4. The van der Waals surface area contributed by atoms with E-state index in [-0.39, 0.29) is 24.6 Å². The van der Waals surface area contributed by atoms with Crippen molar-refractivity contribution < 1.29 is 19.5 Å². The molecule has 1 aliphatic rings. The maximum Gasteiger partial charge on any atom is 0.306 e. The van der Waals surface area contributed by atoms with Gasteiger partial charge < -0.3 is 14.8 Å². The van der Waals surface area contributed by atoms with Crippen molar-refractivity contribution in [1.82, 2.24) is 0 Å².